The van der Waals surface area contributed by atoms with E-state index in [1.54, 1.807) is 0 Å². The van der Waals surface area contributed by atoms with Crippen molar-refractivity contribution in [3.8, 4) is 0 Å². The lowest BCUT2D eigenvalue weighted by molar-refractivity contribution is 0.104. The second kappa shape index (κ2) is 7.77. The molecule has 0 bridgehead atoms. The number of carbonyl (C=O) groups is 1. The fourth-order valence-corrected chi connectivity index (χ4v) is 3.82. The number of hydrogen-bond acceptors (Lipinski definition) is 4. The standard InChI is InChI=1S/C18H21N3OS2/c1-2-19-18(23)21-11-9-20(10-12-21)15-7-5-14(6-8-15)17(22)16-4-3-13-24-16/h3-8,13H,2,9-12H2,1H3,(H,19,23). The zero-order valence-electron chi connectivity index (χ0n) is 13.7. The van der Waals surface area contributed by atoms with Gasteiger partial charge in [-0.2, -0.15) is 0 Å². The molecule has 2 heterocycles. The van der Waals surface area contributed by atoms with Crippen LogP contribution in [0.4, 0.5) is 5.69 Å². The number of nitrogens with zero attached hydrogens (tertiary/aromatic N) is 2. The average molecular weight is 360 g/mol. The summed E-state index contributed by atoms with van der Waals surface area (Å²) in [7, 11) is 0. The van der Waals surface area contributed by atoms with E-state index >= 15 is 0 Å². The Morgan fingerprint density at radius 2 is 1.88 bits per heavy atom. The summed E-state index contributed by atoms with van der Waals surface area (Å²) < 4.78 is 0. The molecule has 1 aliphatic rings. The highest BCUT2D eigenvalue weighted by molar-refractivity contribution is 7.80. The number of thiocarbonyl (C=S) groups is 1. The molecule has 0 radical (unpaired) electrons. The number of thiophene rings is 1. The minimum absolute atomic E-state index is 0.0948. The van der Waals surface area contributed by atoms with Crippen molar-refractivity contribution in [1.29, 1.82) is 0 Å². The van der Waals surface area contributed by atoms with Crippen LogP contribution in [-0.2, 0) is 0 Å². The Balaban J connectivity index is 1.61. The highest BCUT2D eigenvalue weighted by atomic mass is 32.1. The van der Waals surface area contributed by atoms with Crippen molar-refractivity contribution in [3.63, 3.8) is 0 Å². The summed E-state index contributed by atoms with van der Waals surface area (Å²) in [4.78, 5) is 17.7. The quantitative estimate of drug-likeness (QED) is 0.671. The van der Waals surface area contributed by atoms with Gasteiger partial charge >= 0.3 is 0 Å². The van der Waals surface area contributed by atoms with Gasteiger partial charge in [0.2, 0.25) is 5.78 Å². The van der Waals surface area contributed by atoms with Crippen LogP contribution in [0.3, 0.4) is 0 Å². The molecule has 4 nitrogen and oxygen atoms in total. The van der Waals surface area contributed by atoms with Gasteiger partial charge < -0.3 is 15.1 Å². The van der Waals surface area contributed by atoms with Crippen LogP contribution in [0, 0.1) is 0 Å². The molecule has 3 rings (SSSR count). The highest BCUT2D eigenvalue weighted by Gasteiger charge is 2.19. The number of ketones is 1. The Labute approximate surface area is 152 Å². The molecule has 24 heavy (non-hydrogen) atoms. The van der Waals surface area contributed by atoms with Crippen LogP contribution in [0.5, 0.6) is 0 Å². The lowest BCUT2D eigenvalue weighted by atomic mass is 10.1. The van der Waals surface area contributed by atoms with E-state index in [0.29, 0.717) is 0 Å². The fourth-order valence-electron chi connectivity index (χ4n) is 2.80. The molecular weight excluding hydrogens is 338 g/mol. The summed E-state index contributed by atoms with van der Waals surface area (Å²) in [5.74, 6) is 0.0948. The smallest absolute Gasteiger partial charge is 0.202 e. The molecule has 0 aliphatic carbocycles. The molecule has 1 aromatic heterocycles. The third-order valence-electron chi connectivity index (χ3n) is 4.13. The monoisotopic (exact) mass is 359 g/mol. The topological polar surface area (TPSA) is 35.6 Å². The predicted octanol–water partition coefficient (Wildman–Crippen LogP) is 3.00. The zero-order chi connectivity index (χ0) is 16.9. The van der Waals surface area contributed by atoms with Crippen LogP contribution in [0.25, 0.3) is 0 Å². The zero-order valence-corrected chi connectivity index (χ0v) is 15.3. The van der Waals surface area contributed by atoms with Crippen LogP contribution in [-0.4, -0.2) is 48.5 Å². The summed E-state index contributed by atoms with van der Waals surface area (Å²) in [6.07, 6.45) is 0. The lowest BCUT2D eigenvalue weighted by Crippen LogP contribution is -2.51. The second-order valence-corrected chi connectivity index (χ2v) is 7.00. The second-order valence-electron chi connectivity index (χ2n) is 5.66. The van der Waals surface area contributed by atoms with E-state index in [-0.39, 0.29) is 5.78 Å². The van der Waals surface area contributed by atoms with Gasteiger partial charge in [-0.1, -0.05) is 6.07 Å². The van der Waals surface area contributed by atoms with Gasteiger partial charge in [0.05, 0.1) is 4.88 Å². The molecule has 0 unspecified atom stereocenters. The maximum absolute atomic E-state index is 12.3. The summed E-state index contributed by atoms with van der Waals surface area (Å²) in [6.45, 7) is 6.62. The van der Waals surface area contributed by atoms with Gasteiger partial charge in [0.15, 0.2) is 5.11 Å². The van der Waals surface area contributed by atoms with Gasteiger partial charge in [-0.05, 0) is 54.9 Å². The molecule has 0 saturated carbocycles. The van der Waals surface area contributed by atoms with Crippen LogP contribution in [0.2, 0.25) is 0 Å². The fraction of sp³-hybridized carbons (Fsp3) is 0.333. The van der Waals surface area contributed by atoms with Crippen molar-refractivity contribution in [1.82, 2.24) is 10.2 Å². The number of hydrogen-bond donors (Lipinski definition) is 1. The van der Waals surface area contributed by atoms with E-state index in [1.807, 2.05) is 41.8 Å². The molecule has 1 fully saturated rings. The van der Waals surface area contributed by atoms with E-state index in [0.717, 1.165) is 54.0 Å². The largest absolute Gasteiger partial charge is 0.368 e. The van der Waals surface area contributed by atoms with Crippen molar-refractivity contribution in [2.24, 2.45) is 0 Å². The van der Waals surface area contributed by atoms with Crippen LogP contribution in [0.15, 0.2) is 41.8 Å². The number of nitrogens with one attached hydrogen (secondary N) is 1. The van der Waals surface area contributed by atoms with Gasteiger partial charge in [-0.15, -0.1) is 11.3 Å². The van der Waals surface area contributed by atoms with E-state index < -0.39 is 0 Å². The minimum atomic E-state index is 0.0948. The van der Waals surface area contributed by atoms with Gasteiger partial charge in [0, 0.05) is 44.0 Å². The first-order valence-corrected chi connectivity index (χ1v) is 9.44. The Hall–Kier alpha value is -1.92. The third kappa shape index (κ3) is 3.76. The molecule has 1 aromatic carbocycles. The third-order valence-corrected chi connectivity index (χ3v) is 5.41. The molecule has 126 valence electrons. The van der Waals surface area contributed by atoms with Gasteiger partial charge in [-0.3, -0.25) is 4.79 Å². The predicted molar refractivity (Wildman–Crippen MR) is 104 cm³/mol. The Morgan fingerprint density at radius 3 is 2.46 bits per heavy atom. The molecule has 2 aromatic rings. The molecule has 0 spiro atoms. The molecular formula is C18H21N3OS2. The van der Waals surface area contributed by atoms with E-state index in [9.17, 15) is 4.79 Å². The maximum atomic E-state index is 12.3. The number of carbonyl (C=O) groups excluding carboxylic acids is 1. The summed E-state index contributed by atoms with van der Waals surface area (Å²) in [5, 5.41) is 5.98. The first kappa shape index (κ1) is 16.9. The van der Waals surface area contributed by atoms with Crippen molar-refractivity contribution in [2.75, 3.05) is 37.6 Å². The first-order valence-electron chi connectivity index (χ1n) is 8.15. The summed E-state index contributed by atoms with van der Waals surface area (Å²) in [5.41, 5.74) is 1.90. The van der Waals surface area contributed by atoms with Crippen molar-refractivity contribution in [2.45, 2.75) is 6.92 Å². The van der Waals surface area contributed by atoms with Crippen molar-refractivity contribution < 1.29 is 4.79 Å². The molecule has 1 N–H and O–H groups in total. The Kier molecular flexibility index (Phi) is 5.48. The maximum Gasteiger partial charge on any atom is 0.202 e. The first-order chi connectivity index (χ1) is 11.7. The van der Waals surface area contributed by atoms with Crippen molar-refractivity contribution in [3.05, 3.63) is 52.2 Å². The lowest BCUT2D eigenvalue weighted by Gasteiger charge is -2.37. The number of piperazine rings is 1. The van der Waals surface area contributed by atoms with Crippen molar-refractivity contribution >= 4 is 40.1 Å². The van der Waals surface area contributed by atoms with E-state index in [2.05, 4.69) is 22.0 Å². The van der Waals surface area contributed by atoms with E-state index in [1.165, 1.54) is 11.3 Å². The summed E-state index contributed by atoms with van der Waals surface area (Å²) in [6, 6.07) is 11.7. The average Bonchev–Trinajstić information content (AvgIpc) is 3.16. The Bertz CT molecular complexity index is 690. The Morgan fingerprint density at radius 1 is 1.17 bits per heavy atom. The number of benzene rings is 1. The molecule has 0 amide bonds. The van der Waals surface area contributed by atoms with Crippen LogP contribution >= 0.6 is 23.6 Å². The summed E-state index contributed by atoms with van der Waals surface area (Å²) >= 11 is 6.85. The number of anilines is 1. The molecule has 1 aliphatic heterocycles. The molecule has 1 saturated heterocycles. The highest BCUT2D eigenvalue weighted by Crippen LogP contribution is 2.20. The van der Waals surface area contributed by atoms with Gasteiger partial charge in [-0.25, -0.2) is 0 Å². The van der Waals surface area contributed by atoms with Crippen LogP contribution < -0.4 is 10.2 Å². The van der Waals surface area contributed by atoms with Crippen LogP contribution in [0.1, 0.15) is 22.2 Å². The number of rotatable bonds is 4. The normalized spacial score (nSPS) is 14.5. The SMILES string of the molecule is CCNC(=S)N1CCN(c2ccc(C(=O)c3cccs3)cc2)CC1. The van der Waals surface area contributed by atoms with Gasteiger partial charge in [0.1, 0.15) is 0 Å². The minimum Gasteiger partial charge on any atom is -0.368 e. The van der Waals surface area contributed by atoms with E-state index in [4.69, 9.17) is 12.2 Å². The molecule has 6 heteroatoms. The van der Waals surface area contributed by atoms with Gasteiger partial charge in [0.25, 0.3) is 0 Å². The molecule has 0 atom stereocenters.